The Morgan fingerprint density at radius 3 is 2.43 bits per heavy atom. The summed E-state index contributed by atoms with van der Waals surface area (Å²) in [5, 5.41) is 12.3. The van der Waals surface area contributed by atoms with Crippen LogP contribution in [0.5, 0.6) is 0 Å². The van der Waals surface area contributed by atoms with Crippen LogP contribution >= 0.6 is 0 Å². The van der Waals surface area contributed by atoms with Crippen molar-refractivity contribution in [2.75, 3.05) is 6.61 Å². The molecule has 0 saturated heterocycles. The highest BCUT2D eigenvalue weighted by atomic mass is 16.3. The molecule has 0 aliphatic heterocycles. The van der Waals surface area contributed by atoms with Crippen molar-refractivity contribution in [3.8, 4) is 0 Å². The minimum atomic E-state index is -0.246. The number of benzene rings is 2. The van der Waals surface area contributed by atoms with E-state index in [-0.39, 0.29) is 18.6 Å². The van der Waals surface area contributed by atoms with E-state index in [2.05, 4.69) is 5.32 Å². The molecule has 0 saturated carbocycles. The molecule has 3 nitrogen and oxygen atoms in total. The minimum absolute atomic E-state index is 0.0562. The van der Waals surface area contributed by atoms with Gasteiger partial charge >= 0.3 is 0 Å². The molecule has 2 N–H and O–H groups in total. The normalized spacial score (nSPS) is 11.9. The van der Waals surface area contributed by atoms with Gasteiger partial charge in [-0.15, -0.1) is 0 Å². The summed E-state index contributed by atoms with van der Waals surface area (Å²) in [4.78, 5) is 12.1. The maximum atomic E-state index is 12.1. The second-order valence-corrected chi connectivity index (χ2v) is 5.24. The summed E-state index contributed by atoms with van der Waals surface area (Å²) in [6.45, 7) is 1.94. The molecule has 0 aliphatic carbocycles. The third-order valence-corrected chi connectivity index (χ3v) is 3.52. The molecule has 110 valence electrons. The van der Waals surface area contributed by atoms with Crippen LogP contribution in [0.4, 0.5) is 0 Å². The molecule has 0 radical (unpaired) electrons. The Morgan fingerprint density at radius 2 is 1.76 bits per heavy atom. The monoisotopic (exact) mass is 283 g/mol. The van der Waals surface area contributed by atoms with Crippen LogP contribution in [0.25, 0.3) is 0 Å². The van der Waals surface area contributed by atoms with Crippen molar-refractivity contribution < 1.29 is 9.90 Å². The fraction of sp³-hybridized carbons (Fsp3) is 0.278. The van der Waals surface area contributed by atoms with Crippen LogP contribution in [-0.4, -0.2) is 23.7 Å². The van der Waals surface area contributed by atoms with Crippen molar-refractivity contribution in [3.63, 3.8) is 0 Å². The molecular formula is C18H21NO2. The first-order valence-corrected chi connectivity index (χ1v) is 7.17. The van der Waals surface area contributed by atoms with Crippen LogP contribution in [-0.2, 0) is 17.6 Å². The Balaban J connectivity index is 1.92. The number of carbonyl (C=O) groups excluding carboxylic acids is 1. The van der Waals surface area contributed by atoms with Crippen molar-refractivity contribution in [1.82, 2.24) is 5.32 Å². The lowest BCUT2D eigenvalue weighted by Crippen LogP contribution is -2.40. The van der Waals surface area contributed by atoms with Gasteiger partial charge in [0.1, 0.15) is 0 Å². The zero-order valence-electron chi connectivity index (χ0n) is 12.3. The number of nitrogens with one attached hydrogen (secondary N) is 1. The average Bonchev–Trinajstić information content (AvgIpc) is 2.50. The molecule has 0 heterocycles. The fourth-order valence-corrected chi connectivity index (χ4v) is 2.32. The van der Waals surface area contributed by atoms with Gasteiger partial charge in [-0.25, -0.2) is 0 Å². The molecule has 0 bridgehead atoms. The molecule has 0 spiro atoms. The third-order valence-electron chi connectivity index (χ3n) is 3.52. The van der Waals surface area contributed by atoms with Gasteiger partial charge in [0, 0.05) is 0 Å². The van der Waals surface area contributed by atoms with E-state index >= 15 is 0 Å². The molecule has 21 heavy (non-hydrogen) atoms. The van der Waals surface area contributed by atoms with E-state index < -0.39 is 0 Å². The van der Waals surface area contributed by atoms with E-state index in [1.165, 1.54) is 0 Å². The summed E-state index contributed by atoms with van der Waals surface area (Å²) in [6.07, 6.45) is 0.981. The highest BCUT2D eigenvalue weighted by Crippen LogP contribution is 2.08. The second-order valence-electron chi connectivity index (χ2n) is 5.24. The SMILES string of the molecule is Cc1ccccc1CC(=O)N[C@H](CO)Cc1ccccc1. The predicted molar refractivity (Wildman–Crippen MR) is 84.0 cm³/mol. The first-order valence-electron chi connectivity index (χ1n) is 7.17. The van der Waals surface area contributed by atoms with E-state index in [9.17, 15) is 9.90 Å². The molecule has 0 unspecified atom stereocenters. The Bertz CT molecular complexity index is 581. The maximum absolute atomic E-state index is 12.1. The van der Waals surface area contributed by atoms with Gasteiger partial charge in [-0.2, -0.15) is 0 Å². The zero-order valence-corrected chi connectivity index (χ0v) is 12.3. The summed E-state index contributed by atoms with van der Waals surface area (Å²) in [7, 11) is 0. The molecule has 1 amide bonds. The lowest BCUT2D eigenvalue weighted by Gasteiger charge is -2.17. The lowest BCUT2D eigenvalue weighted by atomic mass is 10.0. The Labute approximate surface area is 125 Å². The van der Waals surface area contributed by atoms with Crippen molar-refractivity contribution in [2.45, 2.75) is 25.8 Å². The smallest absolute Gasteiger partial charge is 0.224 e. The van der Waals surface area contributed by atoms with Crippen molar-refractivity contribution in [1.29, 1.82) is 0 Å². The second kappa shape index (κ2) is 7.60. The van der Waals surface area contributed by atoms with E-state index in [0.29, 0.717) is 12.8 Å². The van der Waals surface area contributed by atoms with E-state index in [1.807, 2.05) is 61.5 Å². The summed E-state index contributed by atoms with van der Waals surface area (Å²) < 4.78 is 0. The molecule has 2 aromatic rings. The van der Waals surface area contributed by atoms with Gasteiger partial charge in [0.05, 0.1) is 19.1 Å². The lowest BCUT2D eigenvalue weighted by molar-refractivity contribution is -0.121. The van der Waals surface area contributed by atoms with Gasteiger partial charge in [0.2, 0.25) is 5.91 Å². The highest BCUT2D eigenvalue weighted by Gasteiger charge is 2.13. The van der Waals surface area contributed by atoms with Crippen molar-refractivity contribution in [2.24, 2.45) is 0 Å². The van der Waals surface area contributed by atoms with E-state index in [4.69, 9.17) is 0 Å². The summed E-state index contributed by atoms with van der Waals surface area (Å²) in [5.74, 6) is -0.0562. The van der Waals surface area contributed by atoms with Gasteiger partial charge in [-0.05, 0) is 30.0 Å². The molecule has 0 aliphatic rings. The minimum Gasteiger partial charge on any atom is -0.394 e. The third kappa shape index (κ3) is 4.72. The number of carbonyl (C=O) groups is 1. The van der Waals surface area contributed by atoms with Gasteiger partial charge < -0.3 is 10.4 Å². The topological polar surface area (TPSA) is 49.3 Å². The van der Waals surface area contributed by atoms with Gasteiger partial charge in [-0.3, -0.25) is 4.79 Å². The fourth-order valence-electron chi connectivity index (χ4n) is 2.32. The zero-order chi connectivity index (χ0) is 15.1. The van der Waals surface area contributed by atoms with Gasteiger partial charge in [0.15, 0.2) is 0 Å². The summed E-state index contributed by atoms with van der Waals surface area (Å²) in [5.41, 5.74) is 3.23. The van der Waals surface area contributed by atoms with Gasteiger partial charge in [-0.1, -0.05) is 54.6 Å². The van der Waals surface area contributed by atoms with Gasteiger partial charge in [0.25, 0.3) is 0 Å². The maximum Gasteiger partial charge on any atom is 0.224 e. The molecular weight excluding hydrogens is 262 g/mol. The number of rotatable bonds is 6. The number of aliphatic hydroxyl groups is 1. The number of amides is 1. The first-order chi connectivity index (χ1) is 10.2. The van der Waals surface area contributed by atoms with Crippen molar-refractivity contribution in [3.05, 3.63) is 71.3 Å². The quantitative estimate of drug-likeness (QED) is 0.854. The Morgan fingerprint density at radius 1 is 1.10 bits per heavy atom. The van der Waals surface area contributed by atoms with E-state index in [0.717, 1.165) is 16.7 Å². The molecule has 0 fully saturated rings. The van der Waals surface area contributed by atoms with Crippen LogP contribution in [0.3, 0.4) is 0 Å². The Kier molecular flexibility index (Phi) is 5.52. The predicted octanol–water partition coefficient (Wildman–Crippen LogP) is 2.26. The highest BCUT2D eigenvalue weighted by molar-refractivity contribution is 5.79. The first kappa shape index (κ1) is 15.3. The molecule has 1 atom stereocenters. The molecule has 2 rings (SSSR count). The Hall–Kier alpha value is -2.13. The molecule has 0 aromatic heterocycles. The van der Waals surface area contributed by atoms with Crippen LogP contribution in [0, 0.1) is 6.92 Å². The summed E-state index contributed by atoms with van der Waals surface area (Å²) >= 11 is 0. The number of hydrogen-bond acceptors (Lipinski definition) is 2. The number of aliphatic hydroxyl groups excluding tert-OH is 1. The van der Waals surface area contributed by atoms with Crippen molar-refractivity contribution >= 4 is 5.91 Å². The van der Waals surface area contributed by atoms with Crippen LogP contribution < -0.4 is 5.32 Å². The largest absolute Gasteiger partial charge is 0.394 e. The summed E-state index contributed by atoms with van der Waals surface area (Å²) in [6, 6.07) is 17.5. The van der Waals surface area contributed by atoms with Crippen LogP contribution in [0.2, 0.25) is 0 Å². The average molecular weight is 283 g/mol. The number of hydrogen-bond donors (Lipinski definition) is 2. The molecule has 3 heteroatoms. The van der Waals surface area contributed by atoms with Crippen LogP contribution in [0.15, 0.2) is 54.6 Å². The molecule has 2 aromatic carbocycles. The number of aryl methyl sites for hydroxylation is 1. The van der Waals surface area contributed by atoms with Crippen LogP contribution in [0.1, 0.15) is 16.7 Å². The van der Waals surface area contributed by atoms with E-state index in [1.54, 1.807) is 0 Å². The standard InChI is InChI=1S/C18H21NO2/c1-14-7-5-6-10-16(14)12-18(21)19-17(13-20)11-15-8-3-2-4-9-15/h2-10,17,20H,11-13H2,1H3,(H,19,21)/t17-/m0/s1.